The normalized spacial score (nSPS) is 18.1. The fourth-order valence-corrected chi connectivity index (χ4v) is 3.95. The maximum atomic E-state index is 13.5. The Balaban J connectivity index is 1.93. The summed E-state index contributed by atoms with van der Waals surface area (Å²) < 4.78 is 15.2. The number of nitrogens with zero attached hydrogens (tertiary/aromatic N) is 1. The first-order valence-corrected chi connectivity index (χ1v) is 10.5. The van der Waals surface area contributed by atoms with E-state index >= 15 is 0 Å². The number of hydrogen-bond acceptors (Lipinski definition) is 3. The monoisotopic (exact) mass is 529 g/mol. The van der Waals surface area contributed by atoms with E-state index in [1.807, 2.05) is 0 Å². The van der Waals surface area contributed by atoms with Gasteiger partial charge in [0.25, 0.3) is 11.7 Å². The fraction of sp³-hybridized carbons (Fsp3) is 0.0435. The van der Waals surface area contributed by atoms with Gasteiger partial charge in [0, 0.05) is 20.2 Å². The van der Waals surface area contributed by atoms with Crippen molar-refractivity contribution in [2.24, 2.45) is 0 Å². The number of halogens is 3. The van der Waals surface area contributed by atoms with Crippen LogP contribution in [-0.4, -0.2) is 16.8 Å². The van der Waals surface area contributed by atoms with Crippen molar-refractivity contribution in [3.8, 4) is 0 Å². The third kappa shape index (κ3) is 3.70. The first-order chi connectivity index (χ1) is 14.4. The molecule has 0 bridgehead atoms. The number of aliphatic hydroxyl groups is 1. The minimum absolute atomic E-state index is 0.0446. The molecule has 1 saturated heterocycles. The van der Waals surface area contributed by atoms with Gasteiger partial charge in [-0.3, -0.25) is 14.5 Å². The predicted octanol–water partition coefficient (Wildman–Crippen LogP) is 5.98. The van der Waals surface area contributed by atoms with Gasteiger partial charge in [0.15, 0.2) is 0 Å². The minimum atomic E-state index is -0.893. The molecule has 30 heavy (non-hydrogen) atoms. The number of ketones is 1. The van der Waals surface area contributed by atoms with Gasteiger partial charge >= 0.3 is 0 Å². The summed E-state index contributed by atoms with van der Waals surface area (Å²) >= 11 is 6.69. The molecular formula is C23H14Br2FNO3. The van der Waals surface area contributed by atoms with Crippen LogP contribution in [0.5, 0.6) is 0 Å². The number of rotatable bonds is 3. The lowest BCUT2D eigenvalue weighted by atomic mass is 9.95. The summed E-state index contributed by atoms with van der Waals surface area (Å²) in [6, 6.07) is 18.3. The molecule has 7 heteroatoms. The van der Waals surface area contributed by atoms with E-state index in [1.54, 1.807) is 48.5 Å². The molecule has 1 heterocycles. The highest BCUT2D eigenvalue weighted by Gasteiger charge is 2.46. The summed E-state index contributed by atoms with van der Waals surface area (Å²) in [7, 11) is 0. The molecule has 1 N–H and O–H groups in total. The van der Waals surface area contributed by atoms with Crippen molar-refractivity contribution < 1.29 is 19.1 Å². The molecule has 0 aromatic heterocycles. The van der Waals surface area contributed by atoms with Gasteiger partial charge in [-0.25, -0.2) is 4.39 Å². The van der Waals surface area contributed by atoms with Crippen LogP contribution in [0.2, 0.25) is 0 Å². The number of Topliss-reactive ketones (excluding diaryl/α,β-unsaturated/α-hetero) is 1. The first kappa shape index (κ1) is 20.5. The zero-order chi connectivity index (χ0) is 21.4. The fourth-order valence-electron chi connectivity index (χ4n) is 3.42. The SMILES string of the molecule is O=C1C(=O)N(c2ccc(Br)cc2)C(c2ccc(F)cc2)/C1=C(\O)c1ccc(Br)cc1. The van der Waals surface area contributed by atoms with Crippen LogP contribution in [0.1, 0.15) is 17.2 Å². The van der Waals surface area contributed by atoms with E-state index in [1.165, 1.54) is 29.2 Å². The summed E-state index contributed by atoms with van der Waals surface area (Å²) in [5.74, 6) is -2.28. The molecule has 1 aliphatic heterocycles. The molecular weight excluding hydrogens is 517 g/mol. The number of carbonyl (C=O) groups excluding carboxylic acids is 2. The molecule has 3 aromatic rings. The van der Waals surface area contributed by atoms with Gasteiger partial charge in [0.05, 0.1) is 11.6 Å². The molecule has 0 radical (unpaired) electrons. The van der Waals surface area contributed by atoms with Crippen LogP contribution in [0.4, 0.5) is 10.1 Å². The highest BCUT2D eigenvalue weighted by molar-refractivity contribution is 9.10. The maximum absolute atomic E-state index is 13.5. The van der Waals surface area contributed by atoms with E-state index in [4.69, 9.17) is 0 Å². The number of benzene rings is 3. The van der Waals surface area contributed by atoms with Crippen molar-refractivity contribution in [2.75, 3.05) is 4.90 Å². The van der Waals surface area contributed by atoms with Crippen molar-refractivity contribution >= 4 is 55.0 Å². The van der Waals surface area contributed by atoms with Gasteiger partial charge in [-0.2, -0.15) is 0 Å². The Morgan fingerprint density at radius 3 is 1.93 bits per heavy atom. The van der Waals surface area contributed by atoms with Crippen LogP contribution in [-0.2, 0) is 9.59 Å². The first-order valence-electron chi connectivity index (χ1n) is 8.95. The topological polar surface area (TPSA) is 57.6 Å². The van der Waals surface area contributed by atoms with Gasteiger partial charge in [-0.05, 0) is 54.1 Å². The van der Waals surface area contributed by atoms with Gasteiger partial charge in [-0.1, -0.05) is 56.1 Å². The zero-order valence-corrected chi connectivity index (χ0v) is 18.5. The number of anilines is 1. The molecule has 1 unspecified atom stereocenters. The summed E-state index contributed by atoms with van der Waals surface area (Å²) in [6.07, 6.45) is 0. The Morgan fingerprint density at radius 2 is 1.37 bits per heavy atom. The van der Waals surface area contributed by atoms with Crippen molar-refractivity contribution in [1.82, 2.24) is 0 Å². The second-order valence-electron chi connectivity index (χ2n) is 6.70. The quantitative estimate of drug-likeness (QED) is 0.257. The van der Waals surface area contributed by atoms with Crippen LogP contribution in [0.15, 0.2) is 87.3 Å². The molecule has 1 atom stereocenters. The zero-order valence-electron chi connectivity index (χ0n) is 15.4. The van der Waals surface area contributed by atoms with Crippen LogP contribution >= 0.6 is 31.9 Å². The average molecular weight is 531 g/mol. The summed E-state index contributed by atoms with van der Waals surface area (Å²) in [6.45, 7) is 0. The summed E-state index contributed by atoms with van der Waals surface area (Å²) in [5.41, 5.74) is 1.36. The van der Waals surface area contributed by atoms with Gasteiger partial charge < -0.3 is 5.11 Å². The molecule has 4 rings (SSSR count). The van der Waals surface area contributed by atoms with Gasteiger partial charge in [0.2, 0.25) is 0 Å². The maximum Gasteiger partial charge on any atom is 0.300 e. The smallest absolute Gasteiger partial charge is 0.300 e. The lowest BCUT2D eigenvalue weighted by molar-refractivity contribution is -0.132. The van der Waals surface area contributed by atoms with Crippen molar-refractivity contribution in [3.63, 3.8) is 0 Å². The summed E-state index contributed by atoms with van der Waals surface area (Å²) in [4.78, 5) is 27.3. The van der Waals surface area contributed by atoms with E-state index in [-0.39, 0.29) is 11.3 Å². The molecule has 1 aliphatic rings. The van der Waals surface area contributed by atoms with Crippen molar-refractivity contribution in [3.05, 3.63) is 104 Å². The van der Waals surface area contributed by atoms with Crippen LogP contribution in [0.25, 0.3) is 5.76 Å². The lowest BCUT2D eigenvalue weighted by Crippen LogP contribution is -2.29. The van der Waals surface area contributed by atoms with Crippen LogP contribution in [0.3, 0.4) is 0 Å². The van der Waals surface area contributed by atoms with Gasteiger partial charge in [0.1, 0.15) is 11.6 Å². The van der Waals surface area contributed by atoms with E-state index in [2.05, 4.69) is 31.9 Å². The molecule has 0 aliphatic carbocycles. The van der Waals surface area contributed by atoms with E-state index in [0.29, 0.717) is 16.8 Å². The largest absolute Gasteiger partial charge is 0.507 e. The third-order valence-corrected chi connectivity index (χ3v) is 5.91. The minimum Gasteiger partial charge on any atom is -0.507 e. The number of carbonyl (C=O) groups is 2. The third-order valence-electron chi connectivity index (χ3n) is 4.85. The number of amides is 1. The van der Waals surface area contributed by atoms with E-state index < -0.39 is 23.5 Å². The lowest BCUT2D eigenvalue weighted by Gasteiger charge is -2.25. The molecule has 0 spiro atoms. The highest BCUT2D eigenvalue weighted by atomic mass is 79.9. The predicted molar refractivity (Wildman–Crippen MR) is 119 cm³/mol. The van der Waals surface area contributed by atoms with Crippen LogP contribution < -0.4 is 4.90 Å². The number of hydrogen-bond donors (Lipinski definition) is 1. The van der Waals surface area contributed by atoms with E-state index in [0.717, 1.165) is 8.95 Å². The Bertz CT molecular complexity index is 1160. The molecule has 4 nitrogen and oxygen atoms in total. The van der Waals surface area contributed by atoms with Crippen molar-refractivity contribution in [2.45, 2.75) is 6.04 Å². The Hall–Kier alpha value is -2.77. The molecule has 1 fully saturated rings. The average Bonchev–Trinajstić information content (AvgIpc) is 3.00. The van der Waals surface area contributed by atoms with Crippen molar-refractivity contribution in [1.29, 1.82) is 0 Å². The number of aliphatic hydroxyl groups excluding tert-OH is 1. The molecule has 150 valence electrons. The standard InChI is InChI=1S/C23H14Br2FNO3/c24-15-5-1-14(2-6-15)21(28)19-20(13-3-9-17(26)10-4-13)27(23(30)22(19)29)18-11-7-16(25)8-12-18/h1-12,20,28H/b21-19+. The molecule has 0 saturated carbocycles. The Labute approximate surface area is 188 Å². The summed E-state index contributed by atoms with van der Waals surface area (Å²) in [5, 5.41) is 11.0. The molecule has 3 aromatic carbocycles. The second kappa shape index (κ2) is 8.16. The Morgan fingerprint density at radius 1 is 0.833 bits per heavy atom. The van der Waals surface area contributed by atoms with Crippen LogP contribution in [0, 0.1) is 5.82 Å². The Kier molecular flexibility index (Phi) is 5.58. The highest BCUT2D eigenvalue weighted by Crippen LogP contribution is 2.42. The van der Waals surface area contributed by atoms with E-state index in [9.17, 15) is 19.1 Å². The second-order valence-corrected chi connectivity index (χ2v) is 8.54. The van der Waals surface area contributed by atoms with Gasteiger partial charge in [-0.15, -0.1) is 0 Å². The molecule has 1 amide bonds.